The smallest absolute Gasteiger partial charge is 0.258 e. The van der Waals surface area contributed by atoms with Gasteiger partial charge in [-0.2, -0.15) is 5.26 Å². The van der Waals surface area contributed by atoms with Crippen LogP contribution in [0, 0.1) is 11.3 Å². The lowest BCUT2D eigenvalue weighted by Crippen LogP contribution is -2.54. The van der Waals surface area contributed by atoms with Gasteiger partial charge < -0.3 is 10.2 Å². The summed E-state index contributed by atoms with van der Waals surface area (Å²) in [5.74, 6) is 0.375. The first-order valence-electron chi connectivity index (χ1n) is 9.19. The molecule has 8 nitrogen and oxygen atoms in total. The summed E-state index contributed by atoms with van der Waals surface area (Å²) in [5.41, 5.74) is 6.11. The molecule has 11 heteroatoms. The van der Waals surface area contributed by atoms with Crippen molar-refractivity contribution in [1.29, 1.82) is 5.26 Å². The molecule has 2 aromatic heterocycles. The molecule has 31 heavy (non-hydrogen) atoms. The molecule has 0 bridgehead atoms. The van der Waals surface area contributed by atoms with E-state index in [9.17, 15) is 8.42 Å². The van der Waals surface area contributed by atoms with Crippen LogP contribution < -0.4 is 5.73 Å². The Morgan fingerprint density at radius 1 is 1.19 bits per heavy atom. The molecule has 0 fully saturated rings. The Morgan fingerprint density at radius 2 is 1.84 bits per heavy atom. The highest BCUT2D eigenvalue weighted by Gasteiger charge is 2.50. The summed E-state index contributed by atoms with van der Waals surface area (Å²) in [6.07, 6.45) is 0. The molecule has 0 amide bonds. The fraction of sp³-hybridized carbons (Fsp3) is 0.300. The number of halogens is 1. The fourth-order valence-corrected chi connectivity index (χ4v) is 6.55. The number of hydrogen-bond donors (Lipinski definition) is 1. The maximum Gasteiger partial charge on any atom is 0.258 e. The van der Waals surface area contributed by atoms with Gasteiger partial charge in [-0.3, -0.25) is 4.99 Å². The minimum atomic E-state index is -3.56. The molecule has 1 unspecified atom stereocenters. The first-order valence-corrected chi connectivity index (χ1v) is 12.0. The summed E-state index contributed by atoms with van der Waals surface area (Å²) in [7, 11) is -3.56. The molecule has 160 valence electrons. The Bertz CT molecular complexity index is 1350. The van der Waals surface area contributed by atoms with E-state index in [-0.39, 0.29) is 17.5 Å². The molecule has 4 rings (SSSR count). The largest absolute Gasteiger partial charge is 0.415 e. The van der Waals surface area contributed by atoms with Gasteiger partial charge >= 0.3 is 0 Å². The van der Waals surface area contributed by atoms with Gasteiger partial charge in [-0.25, -0.2) is 8.42 Å². The zero-order chi connectivity index (χ0) is 22.6. The van der Waals surface area contributed by atoms with Crippen molar-refractivity contribution < 1.29 is 12.8 Å². The Labute approximate surface area is 188 Å². The fourth-order valence-electron chi connectivity index (χ4n) is 3.23. The van der Waals surface area contributed by atoms with Crippen molar-refractivity contribution >= 4 is 38.6 Å². The van der Waals surface area contributed by atoms with E-state index in [4.69, 9.17) is 27.0 Å². The van der Waals surface area contributed by atoms with Gasteiger partial charge in [-0.15, -0.1) is 21.5 Å². The van der Waals surface area contributed by atoms with Crippen molar-refractivity contribution in [2.24, 2.45) is 10.7 Å². The molecule has 1 atom stereocenters. The number of aromatic nitrogens is 2. The molecule has 1 aliphatic rings. The van der Waals surface area contributed by atoms with Crippen LogP contribution in [0.25, 0.3) is 22.2 Å². The minimum absolute atomic E-state index is 0.0492. The van der Waals surface area contributed by atoms with Crippen LogP contribution in [-0.2, 0) is 15.4 Å². The number of aliphatic imine (C=N–C) groups is 1. The van der Waals surface area contributed by atoms with Gasteiger partial charge in [0.2, 0.25) is 5.89 Å². The summed E-state index contributed by atoms with van der Waals surface area (Å²) >= 11 is 7.71. The summed E-state index contributed by atoms with van der Waals surface area (Å²) < 4.78 is 30.2. The third-order valence-electron chi connectivity index (χ3n) is 5.31. The van der Waals surface area contributed by atoms with Crippen LogP contribution >= 0.6 is 22.9 Å². The molecule has 0 spiro atoms. The predicted octanol–water partition coefficient (Wildman–Crippen LogP) is 3.77. The molecule has 1 aromatic carbocycles. The van der Waals surface area contributed by atoms with Gasteiger partial charge in [0.25, 0.3) is 5.89 Å². The van der Waals surface area contributed by atoms with Gasteiger partial charge in [0, 0.05) is 5.56 Å². The first-order chi connectivity index (χ1) is 14.5. The summed E-state index contributed by atoms with van der Waals surface area (Å²) in [4.78, 5) is 5.67. The number of amidine groups is 1. The van der Waals surface area contributed by atoms with Crippen molar-refractivity contribution in [2.75, 3.05) is 5.75 Å². The normalized spacial score (nSPS) is 22.0. The van der Waals surface area contributed by atoms with E-state index in [0.717, 1.165) is 0 Å². The van der Waals surface area contributed by atoms with Crippen LogP contribution in [0.1, 0.15) is 31.2 Å². The van der Waals surface area contributed by atoms with Crippen LogP contribution in [0.4, 0.5) is 0 Å². The number of nitrogens with two attached hydrogens (primary N) is 1. The average Bonchev–Trinajstić information content (AvgIpc) is 3.33. The Morgan fingerprint density at radius 3 is 2.45 bits per heavy atom. The van der Waals surface area contributed by atoms with Crippen LogP contribution in [0.15, 0.2) is 39.7 Å². The molecular weight excluding hydrogens is 458 g/mol. The molecule has 0 saturated heterocycles. The Balaban J connectivity index is 1.71. The van der Waals surface area contributed by atoms with Gasteiger partial charge in [-0.1, -0.05) is 11.6 Å². The van der Waals surface area contributed by atoms with E-state index in [1.165, 1.54) is 11.3 Å². The van der Waals surface area contributed by atoms with Gasteiger partial charge in [0.05, 0.1) is 32.2 Å². The van der Waals surface area contributed by atoms with Gasteiger partial charge in [0.15, 0.2) is 9.84 Å². The van der Waals surface area contributed by atoms with Crippen LogP contribution in [0.2, 0.25) is 5.02 Å². The number of rotatable bonds is 3. The maximum absolute atomic E-state index is 12.8. The molecule has 0 radical (unpaired) electrons. The highest BCUT2D eigenvalue weighted by Crippen LogP contribution is 2.45. The number of nitrogens with zero attached hydrogens (tertiary/aromatic N) is 4. The SMILES string of the molecule is CC1(c2sc(-c3nnc(-c4ccc(C#N)cc4)o3)cc2Cl)CS(=O)(=O)C(C)(C)C(N)=N1. The molecule has 0 aliphatic carbocycles. The summed E-state index contributed by atoms with van der Waals surface area (Å²) in [5, 5.41) is 17.4. The number of hydrogen-bond acceptors (Lipinski definition) is 9. The van der Waals surface area contributed by atoms with Crippen molar-refractivity contribution in [3.05, 3.63) is 45.8 Å². The Hall–Kier alpha value is -2.74. The quantitative estimate of drug-likeness (QED) is 0.608. The zero-order valence-electron chi connectivity index (χ0n) is 16.9. The van der Waals surface area contributed by atoms with Gasteiger partial charge in [-0.05, 0) is 51.1 Å². The topological polar surface area (TPSA) is 135 Å². The van der Waals surface area contributed by atoms with Crippen molar-refractivity contribution in [2.45, 2.75) is 31.1 Å². The third-order valence-corrected chi connectivity index (χ3v) is 9.80. The van der Waals surface area contributed by atoms with Crippen molar-refractivity contribution in [1.82, 2.24) is 10.2 Å². The summed E-state index contributed by atoms with van der Waals surface area (Å²) in [6, 6.07) is 10.5. The van der Waals surface area contributed by atoms with E-state index in [1.54, 1.807) is 51.1 Å². The number of benzene rings is 1. The first kappa shape index (κ1) is 21.5. The highest BCUT2D eigenvalue weighted by atomic mass is 35.5. The molecule has 3 heterocycles. The molecule has 1 aliphatic heterocycles. The second kappa shape index (κ2) is 7.15. The van der Waals surface area contributed by atoms with Crippen LogP contribution in [-0.4, -0.2) is 35.0 Å². The maximum atomic E-state index is 12.8. The van der Waals surface area contributed by atoms with Crippen molar-refractivity contribution in [3.8, 4) is 28.3 Å². The standard InChI is InChI=1S/C20H18ClN5O3S2/c1-19(2)18(23)24-20(3,10-31(19,27)28)15-13(21)8-14(30-15)17-26-25-16(29-17)12-6-4-11(9-22)5-7-12/h4-8H,10H2,1-3H3,(H2,23,24). The minimum Gasteiger partial charge on any atom is -0.415 e. The number of thiophene rings is 1. The summed E-state index contributed by atoms with van der Waals surface area (Å²) in [6.45, 7) is 4.79. The molecule has 2 N–H and O–H groups in total. The number of nitriles is 1. The van der Waals surface area contributed by atoms with Crippen LogP contribution in [0.3, 0.4) is 0 Å². The van der Waals surface area contributed by atoms with Crippen LogP contribution in [0.5, 0.6) is 0 Å². The lowest BCUT2D eigenvalue weighted by molar-refractivity contribution is 0.507. The van der Waals surface area contributed by atoms with Crippen molar-refractivity contribution in [3.63, 3.8) is 0 Å². The molecule has 0 saturated carbocycles. The lowest BCUT2D eigenvalue weighted by atomic mass is 10.0. The molecule has 3 aromatic rings. The van der Waals surface area contributed by atoms with E-state index < -0.39 is 20.1 Å². The highest BCUT2D eigenvalue weighted by molar-refractivity contribution is 7.93. The Kier molecular flexibility index (Phi) is 4.96. The second-order valence-corrected chi connectivity index (χ2v) is 11.9. The van der Waals surface area contributed by atoms with Gasteiger partial charge in [0.1, 0.15) is 16.1 Å². The predicted molar refractivity (Wildman–Crippen MR) is 120 cm³/mol. The second-order valence-electron chi connectivity index (χ2n) is 7.93. The van der Waals surface area contributed by atoms with E-state index in [1.807, 2.05) is 0 Å². The third kappa shape index (κ3) is 3.52. The van der Waals surface area contributed by atoms with E-state index >= 15 is 0 Å². The lowest BCUT2D eigenvalue weighted by Gasteiger charge is -2.37. The van der Waals surface area contributed by atoms with E-state index in [0.29, 0.717) is 31.8 Å². The monoisotopic (exact) mass is 475 g/mol. The molecular formula is C20H18ClN5O3S2. The average molecular weight is 476 g/mol. The van der Waals surface area contributed by atoms with E-state index in [2.05, 4.69) is 21.3 Å². The number of sulfone groups is 1. The zero-order valence-corrected chi connectivity index (χ0v) is 19.3.